The minimum Gasteiger partial charge on any atom is -0.378 e. The molecule has 0 aromatic heterocycles. The van der Waals surface area contributed by atoms with E-state index in [1.54, 1.807) is 7.05 Å². The number of hydrogen-bond donors (Lipinski definition) is 1. The third-order valence-corrected chi connectivity index (χ3v) is 3.85. The Morgan fingerprint density at radius 2 is 2.10 bits per heavy atom. The van der Waals surface area contributed by atoms with Gasteiger partial charge in [0.2, 0.25) is 5.91 Å². The summed E-state index contributed by atoms with van der Waals surface area (Å²) in [6.45, 7) is 0.690. The molecule has 1 fully saturated rings. The lowest BCUT2D eigenvalue weighted by molar-refractivity contribution is -0.137. The quantitative estimate of drug-likeness (QED) is 0.794. The predicted octanol–water partition coefficient (Wildman–Crippen LogP) is 2.11. The number of anilines is 2. The number of hydrogen-bond acceptors (Lipinski definition) is 3. The molecule has 1 aromatic carbocycles. The van der Waals surface area contributed by atoms with Crippen LogP contribution < -0.4 is 10.2 Å². The molecule has 1 saturated heterocycles. The van der Waals surface area contributed by atoms with Gasteiger partial charge in [-0.1, -0.05) is 0 Å². The van der Waals surface area contributed by atoms with Crippen LogP contribution in [-0.2, 0) is 15.7 Å². The summed E-state index contributed by atoms with van der Waals surface area (Å²) in [5.74, 6) is -0.654. The first-order valence-electron chi connectivity index (χ1n) is 6.20. The Bertz CT molecular complexity index is 559. The molecule has 0 aliphatic carbocycles. The van der Waals surface area contributed by atoms with Gasteiger partial charge >= 0.3 is 6.18 Å². The van der Waals surface area contributed by atoms with Gasteiger partial charge in [0.05, 0.1) is 42.1 Å². The van der Waals surface area contributed by atoms with Gasteiger partial charge in [-0.05, 0) is 18.2 Å². The average Bonchev–Trinajstić information content (AvgIpc) is 2.82. The highest BCUT2D eigenvalue weighted by Crippen LogP contribution is 2.39. The van der Waals surface area contributed by atoms with E-state index in [1.165, 1.54) is 6.07 Å². The lowest BCUT2D eigenvalue weighted by Gasteiger charge is -2.27. The van der Waals surface area contributed by atoms with Crippen molar-refractivity contribution in [3.63, 3.8) is 0 Å². The summed E-state index contributed by atoms with van der Waals surface area (Å²) >= 11 is 0. The fraction of sp³-hybridized carbons (Fsp3) is 0.462. The van der Waals surface area contributed by atoms with E-state index in [0.717, 1.165) is 12.1 Å². The molecule has 0 saturated carbocycles. The number of nitrogens with one attached hydrogen (secondary N) is 1. The highest BCUT2D eigenvalue weighted by atomic mass is 19.4. The fourth-order valence-corrected chi connectivity index (χ4v) is 2.70. The molecule has 1 aromatic rings. The number of rotatable bonds is 0. The van der Waals surface area contributed by atoms with Crippen molar-refractivity contribution in [2.45, 2.75) is 12.2 Å². The largest absolute Gasteiger partial charge is 0.416 e. The minimum absolute atomic E-state index is 0.145. The van der Waals surface area contributed by atoms with Crippen LogP contribution in [0.25, 0.3) is 0 Å². The summed E-state index contributed by atoms with van der Waals surface area (Å²) in [7, 11) is 1.76. The number of nitrogens with zero attached hydrogens (tertiary/aromatic N) is 1. The second-order valence-corrected chi connectivity index (χ2v) is 5.04. The van der Waals surface area contributed by atoms with Crippen molar-refractivity contribution in [3.05, 3.63) is 23.8 Å². The van der Waals surface area contributed by atoms with Crippen LogP contribution in [0.5, 0.6) is 0 Å². The molecule has 2 aliphatic heterocycles. The standard InChI is InChI=1S/C13H13F3N2O2/c1-18-10-3-2-7(13(14,15)16)4-9(10)17-12(19)8-5-20-6-11(8)18/h2-4,8,11H,5-6H2,1H3,(H,17,19). The van der Waals surface area contributed by atoms with E-state index in [0.29, 0.717) is 18.9 Å². The number of carbonyl (C=O) groups excluding carboxylic acids is 1. The van der Waals surface area contributed by atoms with Gasteiger partial charge in [0.1, 0.15) is 0 Å². The third-order valence-electron chi connectivity index (χ3n) is 3.85. The van der Waals surface area contributed by atoms with Gasteiger partial charge < -0.3 is 15.0 Å². The predicted molar refractivity (Wildman–Crippen MR) is 66.6 cm³/mol. The van der Waals surface area contributed by atoms with Crippen LogP contribution in [0.4, 0.5) is 24.5 Å². The van der Waals surface area contributed by atoms with Crippen LogP contribution in [0.15, 0.2) is 18.2 Å². The van der Waals surface area contributed by atoms with Crippen LogP contribution in [0, 0.1) is 5.92 Å². The van der Waals surface area contributed by atoms with Crippen molar-refractivity contribution in [2.75, 3.05) is 30.5 Å². The van der Waals surface area contributed by atoms with Crippen molar-refractivity contribution in [1.29, 1.82) is 0 Å². The van der Waals surface area contributed by atoms with E-state index < -0.39 is 11.7 Å². The summed E-state index contributed by atoms with van der Waals surface area (Å²) in [5.41, 5.74) is -0.000616. The zero-order valence-corrected chi connectivity index (χ0v) is 10.7. The first-order valence-corrected chi connectivity index (χ1v) is 6.20. The number of amides is 1. The van der Waals surface area contributed by atoms with Crippen molar-refractivity contribution >= 4 is 17.3 Å². The molecule has 1 N–H and O–H groups in total. The topological polar surface area (TPSA) is 41.6 Å². The van der Waals surface area contributed by atoms with Crippen molar-refractivity contribution in [2.24, 2.45) is 5.92 Å². The summed E-state index contributed by atoms with van der Waals surface area (Å²) in [5, 5.41) is 2.58. The molecule has 20 heavy (non-hydrogen) atoms. The zero-order valence-electron chi connectivity index (χ0n) is 10.7. The van der Waals surface area contributed by atoms with Crippen LogP contribution in [0.1, 0.15) is 5.56 Å². The number of halogens is 3. The molecule has 3 rings (SSSR count). The summed E-state index contributed by atoms with van der Waals surface area (Å²) in [6, 6.07) is 3.25. The van der Waals surface area contributed by atoms with Crippen molar-refractivity contribution in [1.82, 2.24) is 0 Å². The van der Waals surface area contributed by atoms with Gasteiger partial charge in [-0.15, -0.1) is 0 Å². The van der Waals surface area contributed by atoms with E-state index >= 15 is 0 Å². The molecule has 4 nitrogen and oxygen atoms in total. The van der Waals surface area contributed by atoms with Crippen molar-refractivity contribution in [3.8, 4) is 0 Å². The zero-order chi connectivity index (χ0) is 14.5. The second-order valence-electron chi connectivity index (χ2n) is 5.04. The monoisotopic (exact) mass is 286 g/mol. The van der Waals surface area contributed by atoms with Gasteiger partial charge in [-0.25, -0.2) is 0 Å². The maximum absolute atomic E-state index is 12.7. The Hall–Kier alpha value is -1.76. The molecule has 2 unspecified atom stereocenters. The molecule has 108 valence electrons. The SMILES string of the molecule is CN1c2ccc(C(F)(F)F)cc2NC(=O)C2COCC21. The van der Waals surface area contributed by atoms with Crippen LogP contribution >= 0.6 is 0 Å². The third kappa shape index (κ3) is 2.02. The van der Waals surface area contributed by atoms with E-state index in [9.17, 15) is 18.0 Å². The minimum atomic E-state index is -4.43. The molecule has 2 aliphatic rings. The number of ether oxygens (including phenoxy) is 1. The van der Waals surface area contributed by atoms with Gasteiger partial charge in [0.25, 0.3) is 0 Å². The van der Waals surface area contributed by atoms with Crippen molar-refractivity contribution < 1.29 is 22.7 Å². The number of alkyl halides is 3. The van der Waals surface area contributed by atoms with Gasteiger partial charge in [0.15, 0.2) is 0 Å². The first kappa shape index (κ1) is 13.2. The average molecular weight is 286 g/mol. The second kappa shape index (κ2) is 4.37. The highest BCUT2D eigenvalue weighted by Gasteiger charge is 2.41. The number of fused-ring (bicyclic) bond motifs is 2. The Labute approximate surface area is 113 Å². The highest BCUT2D eigenvalue weighted by molar-refractivity contribution is 5.98. The molecule has 7 heteroatoms. The molecule has 2 heterocycles. The Kier molecular flexibility index (Phi) is 2.89. The summed E-state index contributed by atoms with van der Waals surface area (Å²) in [6.07, 6.45) is -4.43. The smallest absolute Gasteiger partial charge is 0.378 e. The Morgan fingerprint density at radius 1 is 1.35 bits per heavy atom. The normalized spacial score (nSPS) is 25.8. The number of carbonyl (C=O) groups is 1. The lowest BCUT2D eigenvalue weighted by Crippen LogP contribution is -2.40. The Balaban J connectivity index is 2.05. The first-order chi connectivity index (χ1) is 9.38. The summed E-state index contributed by atoms with van der Waals surface area (Å²) in [4.78, 5) is 13.9. The lowest BCUT2D eigenvalue weighted by atomic mass is 10.0. The summed E-state index contributed by atoms with van der Waals surface area (Å²) < 4.78 is 43.5. The van der Waals surface area contributed by atoms with E-state index in [-0.39, 0.29) is 23.6 Å². The number of benzene rings is 1. The maximum Gasteiger partial charge on any atom is 0.416 e. The molecule has 0 radical (unpaired) electrons. The molecule has 1 amide bonds. The molecule has 0 bridgehead atoms. The van der Waals surface area contributed by atoms with E-state index in [4.69, 9.17) is 4.74 Å². The van der Waals surface area contributed by atoms with E-state index in [2.05, 4.69) is 5.32 Å². The molecular formula is C13H13F3N2O2. The van der Waals surface area contributed by atoms with Gasteiger partial charge in [0, 0.05) is 7.05 Å². The molecule has 0 spiro atoms. The Morgan fingerprint density at radius 3 is 2.80 bits per heavy atom. The van der Waals surface area contributed by atoms with E-state index in [1.807, 2.05) is 4.90 Å². The van der Waals surface area contributed by atoms with Crippen LogP contribution in [-0.4, -0.2) is 32.2 Å². The fourth-order valence-electron chi connectivity index (χ4n) is 2.70. The molecular weight excluding hydrogens is 273 g/mol. The van der Waals surface area contributed by atoms with Gasteiger partial charge in [-0.3, -0.25) is 4.79 Å². The van der Waals surface area contributed by atoms with Crippen LogP contribution in [0.3, 0.4) is 0 Å². The van der Waals surface area contributed by atoms with Crippen LogP contribution in [0.2, 0.25) is 0 Å². The molecule has 2 atom stereocenters. The van der Waals surface area contributed by atoms with Gasteiger partial charge in [-0.2, -0.15) is 13.2 Å². The maximum atomic E-state index is 12.7. The number of likely N-dealkylation sites (N-methyl/N-ethyl adjacent to an activating group) is 1.